The average molecular weight is 585 g/mol. The van der Waals surface area contributed by atoms with Gasteiger partial charge in [0, 0.05) is 53.8 Å². The van der Waals surface area contributed by atoms with Crippen LogP contribution in [0.1, 0.15) is 72.9 Å². The molecule has 6 aliphatic heterocycles. The van der Waals surface area contributed by atoms with Crippen LogP contribution in [0.15, 0.2) is 42.5 Å². The fourth-order valence-corrected chi connectivity index (χ4v) is 8.55. The van der Waals surface area contributed by atoms with E-state index >= 15 is 0 Å². The molecule has 3 amide bonds. The zero-order valence-electron chi connectivity index (χ0n) is 24.7. The number of likely N-dealkylation sites (tertiary alicyclic amines) is 1. The van der Waals surface area contributed by atoms with Gasteiger partial charge in [-0.05, 0) is 76.2 Å². The minimum absolute atomic E-state index is 0.0337. The molecule has 2 atom stereocenters. The summed E-state index contributed by atoms with van der Waals surface area (Å²) < 4.78 is 13.2. The van der Waals surface area contributed by atoms with Crippen LogP contribution < -0.4 is 15.0 Å². The van der Waals surface area contributed by atoms with Gasteiger partial charge in [-0.1, -0.05) is 24.3 Å². The van der Waals surface area contributed by atoms with Crippen LogP contribution in [0.2, 0.25) is 0 Å². The zero-order valence-corrected chi connectivity index (χ0v) is 24.7. The van der Waals surface area contributed by atoms with Gasteiger partial charge < -0.3 is 24.2 Å². The molecule has 0 aliphatic carbocycles. The molecule has 6 aliphatic rings. The van der Waals surface area contributed by atoms with Crippen molar-refractivity contribution in [3.8, 4) is 5.75 Å². The lowest BCUT2D eigenvalue weighted by Crippen LogP contribution is -2.52. The number of rotatable bonds is 4. The number of nitrogens with one attached hydrogen (secondary N) is 1. The maximum atomic E-state index is 13.3. The van der Waals surface area contributed by atoms with Gasteiger partial charge >= 0.3 is 0 Å². The predicted molar refractivity (Wildman–Crippen MR) is 160 cm³/mol. The van der Waals surface area contributed by atoms with Crippen LogP contribution in [-0.2, 0) is 26.3 Å². The van der Waals surface area contributed by atoms with Crippen LogP contribution in [0.3, 0.4) is 0 Å². The molecule has 4 saturated heterocycles. The number of benzene rings is 2. The van der Waals surface area contributed by atoms with E-state index < -0.39 is 6.04 Å². The monoisotopic (exact) mass is 584 g/mol. The Hall–Kier alpha value is -3.43. The summed E-state index contributed by atoms with van der Waals surface area (Å²) in [6.07, 6.45) is 7.47. The molecule has 9 heteroatoms. The molecule has 0 aromatic heterocycles. The summed E-state index contributed by atoms with van der Waals surface area (Å²) in [6, 6.07) is 14.1. The van der Waals surface area contributed by atoms with Crippen LogP contribution in [0, 0.1) is 0 Å². The second kappa shape index (κ2) is 10.3. The van der Waals surface area contributed by atoms with Gasteiger partial charge in [-0.2, -0.15) is 0 Å². The molecule has 2 unspecified atom stereocenters. The van der Waals surface area contributed by atoms with E-state index in [9.17, 15) is 14.4 Å². The summed E-state index contributed by atoms with van der Waals surface area (Å²) in [4.78, 5) is 44.1. The smallest absolute Gasteiger partial charge is 0.255 e. The summed E-state index contributed by atoms with van der Waals surface area (Å²) in [5, 5.41) is 2.39. The molecule has 6 heterocycles. The van der Waals surface area contributed by atoms with Gasteiger partial charge in [0.25, 0.3) is 5.91 Å². The molecule has 43 heavy (non-hydrogen) atoms. The van der Waals surface area contributed by atoms with E-state index in [0.29, 0.717) is 31.2 Å². The van der Waals surface area contributed by atoms with Crippen molar-refractivity contribution in [2.45, 2.75) is 81.1 Å². The molecule has 2 spiro atoms. The summed E-state index contributed by atoms with van der Waals surface area (Å²) in [6.45, 7) is 6.13. The third-order valence-electron chi connectivity index (χ3n) is 11.1. The normalized spacial score (nSPS) is 27.9. The first-order valence-electron chi connectivity index (χ1n) is 16.1. The Morgan fingerprint density at radius 1 is 0.884 bits per heavy atom. The third-order valence-corrected chi connectivity index (χ3v) is 11.1. The van der Waals surface area contributed by atoms with Crippen molar-refractivity contribution in [1.82, 2.24) is 15.1 Å². The van der Waals surface area contributed by atoms with E-state index in [1.54, 1.807) is 4.90 Å². The number of fused-ring (bicyclic) bond motifs is 4. The fraction of sp³-hybridized carbons (Fsp3) is 0.559. The lowest BCUT2D eigenvalue weighted by Gasteiger charge is -2.41. The maximum absolute atomic E-state index is 13.3. The van der Waals surface area contributed by atoms with Gasteiger partial charge in [-0.3, -0.25) is 19.7 Å². The van der Waals surface area contributed by atoms with Crippen molar-refractivity contribution in [3.63, 3.8) is 0 Å². The quantitative estimate of drug-likeness (QED) is 0.551. The number of nitrogens with zero attached hydrogens (tertiary/aromatic N) is 3. The molecule has 0 bridgehead atoms. The zero-order chi connectivity index (χ0) is 29.2. The number of para-hydroxylation sites is 1. The number of carbonyl (C=O) groups excluding carboxylic acids is 3. The van der Waals surface area contributed by atoms with Crippen molar-refractivity contribution in [1.29, 1.82) is 0 Å². The van der Waals surface area contributed by atoms with Crippen molar-refractivity contribution >= 4 is 23.4 Å². The Morgan fingerprint density at radius 2 is 1.67 bits per heavy atom. The summed E-state index contributed by atoms with van der Waals surface area (Å²) in [5.74, 6) is 0.0449. The SMILES string of the molecule is O=C1CCC(N2Cc3c(ccc4c3OCC43CCN(CC4CCC5(CCN(c6ccccc6)CC5)O4)CC3)C2=O)C(=O)N1. The Bertz CT molecular complexity index is 1440. The molecular weight excluding hydrogens is 544 g/mol. The molecule has 1 N–H and O–H groups in total. The summed E-state index contributed by atoms with van der Waals surface area (Å²) >= 11 is 0. The molecule has 2 aromatic carbocycles. The first-order chi connectivity index (χ1) is 20.9. The van der Waals surface area contributed by atoms with Gasteiger partial charge in [-0.25, -0.2) is 0 Å². The number of amides is 3. The maximum Gasteiger partial charge on any atom is 0.255 e. The van der Waals surface area contributed by atoms with Crippen molar-refractivity contribution in [2.24, 2.45) is 0 Å². The highest BCUT2D eigenvalue weighted by Gasteiger charge is 2.48. The Balaban J connectivity index is 0.882. The number of anilines is 1. The van der Waals surface area contributed by atoms with Gasteiger partial charge in [0.1, 0.15) is 11.8 Å². The Kier molecular flexibility index (Phi) is 6.53. The first kappa shape index (κ1) is 27.1. The molecule has 226 valence electrons. The number of hydrogen-bond acceptors (Lipinski definition) is 7. The number of piperidine rings is 3. The van der Waals surface area contributed by atoms with Crippen LogP contribution in [0.25, 0.3) is 0 Å². The summed E-state index contributed by atoms with van der Waals surface area (Å²) in [7, 11) is 0. The lowest BCUT2D eigenvalue weighted by molar-refractivity contribution is -0.136. The minimum atomic E-state index is -0.611. The minimum Gasteiger partial charge on any atom is -0.492 e. The number of imide groups is 1. The van der Waals surface area contributed by atoms with Crippen LogP contribution in [0.5, 0.6) is 5.75 Å². The number of hydrogen-bond donors (Lipinski definition) is 1. The fourth-order valence-electron chi connectivity index (χ4n) is 8.55. The molecule has 8 rings (SSSR count). The van der Waals surface area contributed by atoms with E-state index in [1.165, 1.54) is 17.7 Å². The van der Waals surface area contributed by atoms with Gasteiger partial charge in [0.05, 0.1) is 24.9 Å². The van der Waals surface area contributed by atoms with Crippen LogP contribution >= 0.6 is 0 Å². The topological polar surface area (TPSA) is 91.4 Å². The second-order valence-electron chi connectivity index (χ2n) is 13.5. The van der Waals surface area contributed by atoms with E-state index in [4.69, 9.17) is 9.47 Å². The first-order valence-corrected chi connectivity index (χ1v) is 16.1. The molecule has 0 radical (unpaired) electrons. The second-order valence-corrected chi connectivity index (χ2v) is 13.5. The number of ether oxygens (including phenoxy) is 2. The molecule has 2 aromatic rings. The predicted octanol–water partition coefficient (Wildman–Crippen LogP) is 3.39. The highest BCUT2D eigenvalue weighted by Crippen LogP contribution is 2.50. The Labute approximate surface area is 252 Å². The highest BCUT2D eigenvalue weighted by atomic mass is 16.5. The van der Waals surface area contributed by atoms with E-state index in [-0.39, 0.29) is 35.2 Å². The van der Waals surface area contributed by atoms with Crippen molar-refractivity contribution in [3.05, 3.63) is 59.2 Å². The van der Waals surface area contributed by atoms with Crippen molar-refractivity contribution in [2.75, 3.05) is 44.2 Å². The highest BCUT2D eigenvalue weighted by molar-refractivity contribution is 6.05. The standard InChI is InChI=1S/C34H40N4O5/c39-29-9-8-28(31(40)35-29)38-21-26-25(32(38)41)6-7-27-30(26)42-22-33(27)12-16-36(17-13-33)20-24-10-11-34(43-24)14-18-37(19-15-34)23-4-2-1-3-5-23/h1-7,24,28H,8-22H2,(H,35,39,40). The molecule has 4 fully saturated rings. The van der Waals surface area contributed by atoms with Crippen molar-refractivity contribution < 1.29 is 23.9 Å². The average Bonchev–Trinajstić information content (AvgIpc) is 3.69. The molecule has 0 saturated carbocycles. The largest absolute Gasteiger partial charge is 0.492 e. The molecule has 9 nitrogen and oxygen atoms in total. The molecular formula is C34H40N4O5. The van der Waals surface area contributed by atoms with Gasteiger partial charge in [0.15, 0.2) is 0 Å². The summed E-state index contributed by atoms with van der Waals surface area (Å²) in [5.41, 5.74) is 4.06. The van der Waals surface area contributed by atoms with E-state index in [2.05, 4.69) is 51.5 Å². The van der Waals surface area contributed by atoms with E-state index in [0.717, 1.165) is 76.1 Å². The third kappa shape index (κ3) is 4.63. The van der Waals surface area contributed by atoms with Gasteiger partial charge in [0.2, 0.25) is 11.8 Å². The lowest BCUT2D eigenvalue weighted by atomic mass is 9.74. The van der Waals surface area contributed by atoms with Crippen LogP contribution in [0.4, 0.5) is 5.69 Å². The number of carbonyl (C=O) groups is 3. The van der Waals surface area contributed by atoms with Gasteiger partial charge in [-0.15, -0.1) is 0 Å². The Morgan fingerprint density at radius 3 is 2.44 bits per heavy atom. The van der Waals surface area contributed by atoms with E-state index in [1.807, 2.05) is 6.07 Å². The van der Waals surface area contributed by atoms with Crippen LogP contribution in [-0.4, -0.2) is 84.6 Å².